The highest BCUT2D eigenvalue weighted by Crippen LogP contribution is 2.52. The third kappa shape index (κ3) is 5.28. The highest BCUT2D eigenvalue weighted by atomic mass is 31.1. The molecule has 1 heterocycles. The van der Waals surface area contributed by atoms with Gasteiger partial charge in [-0.15, -0.1) is 0 Å². The zero-order chi connectivity index (χ0) is 31.7. The smallest absolute Gasteiger partial charge is 0.139 e. The number of benzene rings is 6. The summed E-state index contributed by atoms with van der Waals surface area (Å²) in [5.74, 6) is 3.65. The highest BCUT2D eigenvalue weighted by Gasteiger charge is 2.39. The summed E-state index contributed by atoms with van der Waals surface area (Å²) in [6.07, 6.45) is 0. The molecule has 3 nitrogen and oxygen atoms in total. The van der Waals surface area contributed by atoms with Crippen LogP contribution in [0.15, 0.2) is 146 Å². The normalized spacial score (nSPS) is 14.3. The van der Waals surface area contributed by atoms with Gasteiger partial charge in [-0.05, 0) is 38.6 Å². The lowest BCUT2D eigenvalue weighted by atomic mass is 9.76. The average Bonchev–Trinajstić information content (AvgIpc) is 3.10. The zero-order valence-electron chi connectivity index (χ0n) is 26.5. The van der Waals surface area contributed by atoms with Crippen LogP contribution in [-0.4, -0.2) is 14.2 Å². The van der Waals surface area contributed by atoms with E-state index >= 15 is 0 Å². The van der Waals surface area contributed by atoms with Crippen molar-refractivity contribution < 1.29 is 14.2 Å². The van der Waals surface area contributed by atoms with Crippen LogP contribution in [-0.2, 0) is 5.41 Å². The van der Waals surface area contributed by atoms with Crippen molar-refractivity contribution in [1.82, 2.24) is 0 Å². The third-order valence-corrected chi connectivity index (χ3v) is 13.7. The summed E-state index contributed by atoms with van der Waals surface area (Å²) in [5, 5.41) is 7.19. The molecule has 6 aromatic carbocycles. The minimum absolute atomic E-state index is 0.300. The minimum atomic E-state index is -1.00. The fourth-order valence-corrected chi connectivity index (χ4v) is 11.5. The Kier molecular flexibility index (Phi) is 8.39. The van der Waals surface area contributed by atoms with Gasteiger partial charge < -0.3 is 14.2 Å². The first-order chi connectivity index (χ1) is 22.5. The van der Waals surface area contributed by atoms with E-state index in [2.05, 4.69) is 147 Å². The fourth-order valence-electron chi connectivity index (χ4n) is 6.45. The van der Waals surface area contributed by atoms with E-state index < -0.39 is 15.8 Å². The maximum Gasteiger partial charge on any atom is 0.139 e. The molecule has 0 aromatic heterocycles. The lowest BCUT2D eigenvalue weighted by molar-refractivity contribution is 0.418. The molecule has 0 fully saturated rings. The van der Waals surface area contributed by atoms with Crippen LogP contribution in [0, 0.1) is 0 Å². The Bertz CT molecular complexity index is 1850. The van der Waals surface area contributed by atoms with Crippen LogP contribution in [0.2, 0.25) is 0 Å². The molecule has 7 rings (SSSR count). The van der Waals surface area contributed by atoms with E-state index in [1.54, 1.807) is 14.2 Å². The maximum absolute atomic E-state index is 7.32. The van der Waals surface area contributed by atoms with Crippen LogP contribution in [0.1, 0.15) is 25.0 Å². The van der Waals surface area contributed by atoms with Gasteiger partial charge in [0.2, 0.25) is 0 Å². The van der Waals surface area contributed by atoms with Gasteiger partial charge in [0.25, 0.3) is 0 Å². The summed E-state index contributed by atoms with van der Waals surface area (Å²) < 4.78 is 19.2. The lowest BCUT2D eigenvalue weighted by Crippen LogP contribution is -2.33. The molecule has 228 valence electrons. The zero-order valence-corrected chi connectivity index (χ0v) is 28.3. The van der Waals surface area contributed by atoms with Crippen molar-refractivity contribution in [3.63, 3.8) is 0 Å². The van der Waals surface area contributed by atoms with Gasteiger partial charge in [-0.2, -0.15) is 0 Å². The summed E-state index contributed by atoms with van der Waals surface area (Å²) in [7, 11) is 1.50. The molecule has 0 amide bonds. The van der Waals surface area contributed by atoms with Gasteiger partial charge in [0.05, 0.1) is 14.2 Å². The number of fused-ring (bicyclic) bond motifs is 2. The van der Waals surface area contributed by atoms with Crippen molar-refractivity contribution in [1.29, 1.82) is 0 Å². The molecule has 1 aliphatic heterocycles. The Hall–Kier alpha value is -4.42. The van der Waals surface area contributed by atoms with Crippen molar-refractivity contribution in [2.45, 2.75) is 19.3 Å². The topological polar surface area (TPSA) is 27.7 Å². The third-order valence-electron chi connectivity index (χ3n) is 8.70. The van der Waals surface area contributed by atoms with Crippen molar-refractivity contribution in [3.05, 3.63) is 157 Å². The van der Waals surface area contributed by atoms with Crippen LogP contribution < -0.4 is 46.0 Å². The van der Waals surface area contributed by atoms with E-state index in [4.69, 9.17) is 14.2 Å². The van der Waals surface area contributed by atoms with E-state index in [1.807, 2.05) is 12.1 Å². The van der Waals surface area contributed by atoms with E-state index in [-0.39, 0.29) is 5.41 Å². The number of para-hydroxylation sites is 4. The molecule has 0 aliphatic carbocycles. The van der Waals surface area contributed by atoms with Gasteiger partial charge in [0, 0.05) is 37.8 Å². The quantitative estimate of drug-likeness (QED) is 0.160. The Balaban J connectivity index is 1.47. The maximum atomic E-state index is 7.32. The first-order valence-electron chi connectivity index (χ1n) is 15.4. The summed E-state index contributed by atoms with van der Waals surface area (Å²) in [4.78, 5) is 0. The molecule has 0 spiro atoms. The Morgan fingerprint density at radius 2 is 0.804 bits per heavy atom. The molecule has 0 bridgehead atoms. The molecule has 0 saturated heterocycles. The predicted octanol–water partition coefficient (Wildman–Crippen LogP) is 7.65. The van der Waals surface area contributed by atoms with E-state index in [0.29, 0.717) is 0 Å². The predicted molar refractivity (Wildman–Crippen MR) is 196 cm³/mol. The molecule has 1 aliphatic rings. The van der Waals surface area contributed by atoms with Gasteiger partial charge in [-0.3, -0.25) is 0 Å². The van der Waals surface area contributed by atoms with Gasteiger partial charge in [-0.1, -0.05) is 147 Å². The van der Waals surface area contributed by atoms with Gasteiger partial charge in [0.15, 0.2) is 0 Å². The monoisotopic (exact) mass is 638 g/mol. The minimum Gasteiger partial charge on any atom is -0.496 e. The molecule has 0 saturated carbocycles. The van der Waals surface area contributed by atoms with Gasteiger partial charge in [-0.25, -0.2) is 0 Å². The van der Waals surface area contributed by atoms with Crippen LogP contribution >= 0.6 is 15.8 Å². The standard InChI is InChI=1S/C41H36O3P2/c1-41(2)31-21-15-27-37(45(29-17-7-5-8-18-29)35-25-13-11-23-33(35)42-3)39(31)44-40-32(41)22-16-28-38(40)46(30-19-9-6-10-20-30)36-26-14-12-24-34(36)43-4/h5-28H,1-4H3/t45-,46-/m0/s1. The van der Waals surface area contributed by atoms with Gasteiger partial charge in [0.1, 0.15) is 23.0 Å². The largest absolute Gasteiger partial charge is 0.496 e. The molecule has 2 atom stereocenters. The second kappa shape index (κ2) is 12.8. The Labute approximate surface area is 274 Å². The van der Waals surface area contributed by atoms with Crippen LogP contribution in [0.25, 0.3) is 0 Å². The fraction of sp³-hybridized carbons (Fsp3) is 0.122. The molecule has 0 radical (unpaired) electrons. The molecular formula is C41H36O3P2. The first-order valence-corrected chi connectivity index (χ1v) is 18.1. The molecule has 0 unspecified atom stereocenters. The van der Waals surface area contributed by atoms with E-state index in [1.165, 1.54) is 43.0 Å². The van der Waals surface area contributed by atoms with Crippen molar-refractivity contribution in [2.75, 3.05) is 14.2 Å². The van der Waals surface area contributed by atoms with Crippen molar-refractivity contribution >= 4 is 47.7 Å². The Morgan fingerprint density at radius 3 is 1.22 bits per heavy atom. The van der Waals surface area contributed by atoms with Crippen LogP contribution in [0.4, 0.5) is 0 Å². The summed E-state index contributed by atoms with van der Waals surface area (Å²) in [5.41, 5.74) is 2.08. The van der Waals surface area contributed by atoms with E-state index in [0.717, 1.165) is 23.0 Å². The number of hydrogen-bond donors (Lipinski definition) is 0. The van der Waals surface area contributed by atoms with Crippen LogP contribution in [0.3, 0.4) is 0 Å². The summed E-state index contributed by atoms with van der Waals surface area (Å²) in [6.45, 7) is 4.64. The van der Waals surface area contributed by atoms with Crippen molar-refractivity contribution in [2.24, 2.45) is 0 Å². The second-order valence-corrected chi connectivity index (χ2v) is 16.0. The number of rotatable bonds is 8. The molecule has 0 N–H and O–H groups in total. The Morgan fingerprint density at radius 1 is 0.435 bits per heavy atom. The lowest BCUT2D eigenvalue weighted by Gasteiger charge is -2.38. The molecular weight excluding hydrogens is 602 g/mol. The first kappa shape index (κ1) is 30.2. The highest BCUT2D eigenvalue weighted by molar-refractivity contribution is 7.80. The number of ether oxygens (including phenoxy) is 3. The SMILES string of the molecule is COc1ccccc1[P@](c1ccccc1)c1cccc2c1Oc1c([P@@](c3ccccc3)c3ccccc3OC)cccc1C2(C)C. The average molecular weight is 639 g/mol. The molecule has 46 heavy (non-hydrogen) atoms. The number of methoxy groups -OCH3 is 2. The van der Waals surface area contributed by atoms with Crippen molar-refractivity contribution in [3.8, 4) is 23.0 Å². The summed E-state index contributed by atoms with van der Waals surface area (Å²) in [6, 6.07) is 51.6. The molecule has 6 aromatic rings. The van der Waals surface area contributed by atoms with Gasteiger partial charge >= 0.3 is 0 Å². The summed E-state index contributed by atoms with van der Waals surface area (Å²) >= 11 is 0. The number of hydrogen-bond acceptors (Lipinski definition) is 3. The van der Waals surface area contributed by atoms with E-state index in [9.17, 15) is 0 Å². The second-order valence-electron chi connectivity index (χ2n) is 11.7. The molecule has 5 heteroatoms. The van der Waals surface area contributed by atoms with Crippen LogP contribution in [0.5, 0.6) is 23.0 Å².